The second-order valence-corrected chi connectivity index (χ2v) is 8.12. The zero-order valence-corrected chi connectivity index (χ0v) is 18.5. The van der Waals surface area contributed by atoms with Gasteiger partial charge in [-0.15, -0.1) is 0 Å². The Bertz CT molecular complexity index is 1010. The van der Waals surface area contributed by atoms with Crippen LogP contribution in [0.3, 0.4) is 0 Å². The molecule has 7 nitrogen and oxygen atoms in total. The fourth-order valence-electron chi connectivity index (χ4n) is 2.75. The number of carbonyl (C=O) groups excluding carboxylic acids is 3. The van der Waals surface area contributed by atoms with E-state index in [9.17, 15) is 14.4 Å². The quantitative estimate of drug-likeness (QED) is 0.562. The number of amides is 3. The van der Waals surface area contributed by atoms with Gasteiger partial charge in [0.2, 0.25) is 5.91 Å². The molecule has 1 heterocycles. The van der Waals surface area contributed by atoms with Crippen molar-refractivity contribution < 1.29 is 23.9 Å². The van der Waals surface area contributed by atoms with Gasteiger partial charge in [0.15, 0.2) is 11.5 Å². The zero-order valence-electron chi connectivity index (χ0n) is 16.1. The van der Waals surface area contributed by atoms with E-state index in [1.165, 1.54) is 0 Å². The van der Waals surface area contributed by atoms with Crippen LogP contribution >= 0.6 is 27.7 Å². The number of rotatable bonds is 8. The van der Waals surface area contributed by atoms with Crippen molar-refractivity contribution in [2.75, 3.05) is 13.2 Å². The first kappa shape index (κ1) is 21.9. The topological polar surface area (TPSA) is 98.9 Å². The van der Waals surface area contributed by atoms with Crippen molar-refractivity contribution in [3.8, 4) is 11.5 Å². The normalized spacial score (nSPS) is 15.0. The maximum atomic E-state index is 12.4. The molecule has 156 valence electrons. The predicted octanol–water partition coefficient (Wildman–Crippen LogP) is 3.95. The van der Waals surface area contributed by atoms with E-state index >= 15 is 0 Å². The Balaban J connectivity index is 1.86. The van der Waals surface area contributed by atoms with Crippen molar-refractivity contribution in [3.63, 3.8) is 0 Å². The van der Waals surface area contributed by atoms with Gasteiger partial charge in [-0.05, 0) is 64.0 Å². The summed E-state index contributed by atoms with van der Waals surface area (Å²) in [5.74, 6) is -0.257. The fourth-order valence-corrected chi connectivity index (χ4v) is 4.16. The molecular formula is C21H19BrN2O5S. The number of ether oxygens (including phenoxy) is 2. The van der Waals surface area contributed by atoms with Crippen LogP contribution in [0.5, 0.6) is 11.5 Å². The fraction of sp³-hybridized carbons (Fsp3) is 0.190. The smallest absolute Gasteiger partial charge is 0.294 e. The average Bonchev–Trinajstić information content (AvgIpc) is 2.95. The first-order valence-corrected chi connectivity index (χ1v) is 10.7. The molecule has 0 bridgehead atoms. The highest BCUT2D eigenvalue weighted by molar-refractivity contribution is 9.10. The summed E-state index contributed by atoms with van der Waals surface area (Å²) in [6.07, 6.45) is 1.57. The van der Waals surface area contributed by atoms with Gasteiger partial charge in [0.25, 0.3) is 11.1 Å². The molecule has 3 amide bonds. The van der Waals surface area contributed by atoms with Gasteiger partial charge in [-0.25, -0.2) is 0 Å². The molecule has 9 heteroatoms. The summed E-state index contributed by atoms with van der Waals surface area (Å²) in [6, 6.07) is 13.2. The van der Waals surface area contributed by atoms with Crippen LogP contribution in [-0.2, 0) is 16.2 Å². The summed E-state index contributed by atoms with van der Waals surface area (Å²) in [5.41, 5.74) is 6.76. The highest BCUT2D eigenvalue weighted by Gasteiger charge is 2.35. The third kappa shape index (κ3) is 5.22. The van der Waals surface area contributed by atoms with Crippen LogP contribution in [0.1, 0.15) is 18.1 Å². The number of hydrogen-bond acceptors (Lipinski definition) is 6. The average molecular weight is 491 g/mol. The van der Waals surface area contributed by atoms with E-state index in [2.05, 4.69) is 15.9 Å². The van der Waals surface area contributed by atoms with E-state index in [0.29, 0.717) is 34.7 Å². The molecule has 1 aliphatic heterocycles. The van der Waals surface area contributed by atoms with Crippen molar-refractivity contribution in [1.82, 2.24) is 4.90 Å². The number of carbonyl (C=O) groups is 3. The SMILES string of the molecule is CCOc1cc(/C=C2\SC(=O)N(CC(N)=O)C2=O)cc(Br)c1OCc1ccccc1. The second kappa shape index (κ2) is 9.82. The van der Waals surface area contributed by atoms with Crippen molar-refractivity contribution in [2.24, 2.45) is 5.73 Å². The zero-order chi connectivity index (χ0) is 21.7. The molecule has 2 N–H and O–H groups in total. The van der Waals surface area contributed by atoms with E-state index in [1.54, 1.807) is 18.2 Å². The lowest BCUT2D eigenvalue weighted by molar-refractivity contribution is -0.127. The summed E-state index contributed by atoms with van der Waals surface area (Å²) >= 11 is 4.26. The molecule has 2 aromatic carbocycles. The maximum Gasteiger partial charge on any atom is 0.294 e. The van der Waals surface area contributed by atoms with E-state index < -0.39 is 23.6 Å². The molecule has 30 heavy (non-hydrogen) atoms. The van der Waals surface area contributed by atoms with Crippen LogP contribution in [0, 0.1) is 0 Å². The highest BCUT2D eigenvalue weighted by atomic mass is 79.9. The first-order valence-electron chi connectivity index (χ1n) is 9.05. The Hall–Kier alpha value is -2.78. The Morgan fingerprint density at radius 3 is 2.60 bits per heavy atom. The lowest BCUT2D eigenvalue weighted by Crippen LogP contribution is -2.36. The van der Waals surface area contributed by atoms with Crippen molar-refractivity contribution >= 4 is 50.8 Å². The minimum Gasteiger partial charge on any atom is -0.490 e. The van der Waals surface area contributed by atoms with Gasteiger partial charge < -0.3 is 15.2 Å². The van der Waals surface area contributed by atoms with Gasteiger partial charge in [-0.3, -0.25) is 19.3 Å². The molecule has 0 radical (unpaired) electrons. The van der Waals surface area contributed by atoms with Crippen LogP contribution in [-0.4, -0.2) is 35.1 Å². The Kier molecular flexibility index (Phi) is 7.17. The molecule has 2 aromatic rings. The van der Waals surface area contributed by atoms with Crippen LogP contribution in [0.15, 0.2) is 51.8 Å². The molecule has 0 saturated carbocycles. The van der Waals surface area contributed by atoms with Crippen LogP contribution in [0.2, 0.25) is 0 Å². The largest absolute Gasteiger partial charge is 0.490 e. The first-order chi connectivity index (χ1) is 14.4. The van der Waals surface area contributed by atoms with Crippen LogP contribution in [0.4, 0.5) is 4.79 Å². The predicted molar refractivity (Wildman–Crippen MR) is 118 cm³/mol. The Morgan fingerprint density at radius 1 is 1.20 bits per heavy atom. The monoisotopic (exact) mass is 490 g/mol. The summed E-state index contributed by atoms with van der Waals surface area (Å²) in [6.45, 7) is 2.20. The van der Waals surface area contributed by atoms with Gasteiger partial charge in [0, 0.05) is 0 Å². The van der Waals surface area contributed by atoms with Crippen molar-refractivity contribution in [2.45, 2.75) is 13.5 Å². The van der Waals surface area contributed by atoms with Gasteiger partial charge in [-0.2, -0.15) is 0 Å². The second-order valence-electron chi connectivity index (χ2n) is 6.27. The Morgan fingerprint density at radius 2 is 1.93 bits per heavy atom. The molecule has 0 atom stereocenters. The molecule has 1 aliphatic rings. The summed E-state index contributed by atoms with van der Waals surface area (Å²) in [4.78, 5) is 36.5. The van der Waals surface area contributed by atoms with Crippen LogP contribution < -0.4 is 15.2 Å². The van der Waals surface area contributed by atoms with Crippen molar-refractivity contribution in [3.05, 3.63) is 63.0 Å². The standard InChI is InChI=1S/C21H19BrN2O5S/c1-2-28-16-9-14(10-17-20(26)24(11-18(23)25)21(27)30-17)8-15(22)19(16)29-12-13-6-4-3-5-7-13/h3-10H,2,11-12H2,1H3,(H2,23,25)/b17-10-. The number of nitrogens with two attached hydrogens (primary N) is 1. The highest BCUT2D eigenvalue weighted by Crippen LogP contribution is 2.39. The molecule has 1 fully saturated rings. The van der Waals surface area contributed by atoms with Gasteiger partial charge in [0.05, 0.1) is 16.0 Å². The Labute approximate surface area is 186 Å². The van der Waals surface area contributed by atoms with Gasteiger partial charge >= 0.3 is 0 Å². The lowest BCUT2D eigenvalue weighted by atomic mass is 10.1. The molecule has 0 aromatic heterocycles. The third-order valence-corrected chi connectivity index (χ3v) is 5.54. The summed E-state index contributed by atoms with van der Waals surface area (Å²) < 4.78 is 12.3. The number of primary amides is 1. The molecule has 1 saturated heterocycles. The van der Waals surface area contributed by atoms with Gasteiger partial charge in [0.1, 0.15) is 13.2 Å². The number of hydrogen-bond donors (Lipinski definition) is 1. The molecular weight excluding hydrogens is 472 g/mol. The molecule has 0 aliphatic carbocycles. The number of nitrogens with zero attached hydrogens (tertiary/aromatic N) is 1. The van der Waals surface area contributed by atoms with Crippen molar-refractivity contribution in [1.29, 1.82) is 0 Å². The lowest BCUT2D eigenvalue weighted by Gasteiger charge is -2.15. The minimum absolute atomic E-state index is 0.202. The molecule has 0 spiro atoms. The molecule has 3 rings (SSSR count). The van der Waals surface area contributed by atoms with E-state index in [4.69, 9.17) is 15.2 Å². The summed E-state index contributed by atoms with van der Waals surface area (Å²) in [7, 11) is 0. The van der Waals surface area contributed by atoms with E-state index in [1.807, 2.05) is 37.3 Å². The number of halogens is 1. The van der Waals surface area contributed by atoms with Crippen LogP contribution in [0.25, 0.3) is 6.08 Å². The third-order valence-electron chi connectivity index (χ3n) is 4.04. The van der Waals surface area contributed by atoms with Gasteiger partial charge in [-0.1, -0.05) is 30.3 Å². The summed E-state index contributed by atoms with van der Waals surface area (Å²) in [5, 5.41) is -0.531. The van der Waals surface area contributed by atoms with E-state index in [-0.39, 0.29) is 4.91 Å². The number of benzene rings is 2. The van der Waals surface area contributed by atoms with E-state index in [0.717, 1.165) is 22.2 Å². The maximum absolute atomic E-state index is 12.4. The molecule has 0 unspecified atom stereocenters. The number of imide groups is 1. The number of thioether (sulfide) groups is 1. The minimum atomic E-state index is -0.750.